The van der Waals surface area contributed by atoms with Gasteiger partial charge in [0.25, 0.3) is 0 Å². The number of hydrogen-bond donors (Lipinski definition) is 2. The summed E-state index contributed by atoms with van der Waals surface area (Å²) in [5.74, 6) is 1.32. The van der Waals surface area contributed by atoms with Crippen molar-refractivity contribution in [2.75, 3.05) is 19.3 Å². The van der Waals surface area contributed by atoms with Crippen molar-refractivity contribution in [3.8, 4) is 0 Å². The summed E-state index contributed by atoms with van der Waals surface area (Å²) in [7, 11) is 1.84. The summed E-state index contributed by atoms with van der Waals surface area (Å²) in [5.41, 5.74) is 0. The van der Waals surface area contributed by atoms with Crippen molar-refractivity contribution in [1.82, 2.24) is 10.6 Å². The molecule has 0 spiro atoms. The first kappa shape index (κ1) is 9.13. The van der Waals surface area contributed by atoms with E-state index >= 15 is 0 Å². The SMILES string of the molecule is CNC(=S)NCC1CCCS1. The van der Waals surface area contributed by atoms with Gasteiger partial charge in [0.2, 0.25) is 0 Å². The Morgan fingerprint density at radius 3 is 3.09 bits per heavy atom. The van der Waals surface area contributed by atoms with Crippen LogP contribution in [-0.4, -0.2) is 29.7 Å². The maximum atomic E-state index is 4.96. The molecule has 1 heterocycles. The molecular formula is C7H14N2S2. The Morgan fingerprint density at radius 2 is 2.55 bits per heavy atom. The fourth-order valence-corrected chi connectivity index (χ4v) is 2.38. The molecule has 4 heteroatoms. The van der Waals surface area contributed by atoms with Crippen LogP contribution in [0.4, 0.5) is 0 Å². The van der Waals surface area contributed by atoms with E-state index in [2.05, 4.69) is 10.6 Å². The van der Waals surface area contributed by atoms with E-state index in [9.17, 15) is 0 Å². The number of hydrogen-bond acceptors (Lipinski definition) is 2. The highest BCUT2D eigenvalue weighted by atomic mass is 32.2. The minimum atomic E-state index is 0.762. The molecule has 11 heavy (non-hydrogen) atoms. The van der Waals surface area contributed by atoms with Crippen molar-refractivity contribution in [3.05, 3.63) is 0 Å². The van der Waals surface area contributed by atoms with Gasteiger partial charge in [0, 0.05) is 18.8 Å². The molecule has 1 rings (SSSR count). The normalized spacial score (nSPS) is 23.2. The molecule has 1 fully saturated rings. The van der Waals surface area contributed by atoms with Crippen molar-refractivity contribution in [3.63, 3.8) is 0 Å². The topological polar surface area (TPSA) is 24.1 Å². The first-order valence-corrected chi connectivity index (χ1v) is 5.36. The molecule has 1 unspecified atom stereocenters. The predicted molar refractivity (Wildman–Crippen MR) is 55.1 cm³/mol. The second-order valence-electron chi connectivity index (χ2n) is 2.60. The molecule has 64 valence electrons. The van der Waals surface area contributed by atoms with Gasteiger partial charge in [-0.3, -0.25) is 0 Å². The Bertz CT molecular complexity index is 132. The van der Waals surface area contributed by atoms with Crippen molar-refractivity contribution >= 4 is 29.1 Å². The average Bonchev–Trinajstić information content (AvgIpc) is 2.52. The van der Waals surface area contributed by atoms with Gasteiger partial charge in [0.05, 0.1) is 0 Å². The van der Waals surface area contributed by atoms with Gasteiger partial charge in [-0.15, -0.1) is 0 Å². The van der Waals surface area contributed by atoms with Gasteiger partial charge in [-0.05, 0) is 30.8 Å². The van der Waals surface area contributed by atoms with Crippen molar-refractivity contribution in [1.29, 1.82) is 0 Å². The summed E-state index contributed by atoms with van der Waals surface area (Å²) in [5, 5.41) is 7.61. The number of thioether (sulfide) groups is 1. The summed E-state index contributed by atoms with van der Waals surface area (Å²) < 4.78 is 0. The molecule has 0 aliphatic carbocycles. The lowest BCUT2D eigenvalue weighted by atomic mass is 10.2. The third-order valence-electron chi connectivity index (χ3n) is 1.74. The molecule has 2 N–H and O–H groups in total. The smallest absolute Gasteiger partial charge is 0.166 e. The van der Waals surface area contributed by atoms with Crippen molar-refractivity contribution in [2.45, 2.75) is 18.1 Å². The van der Waals surface area contributed by atoms with Crippen LogP contribution >= 0.6 is 24.0 Å². The molecule has 0 aromatic heterocycles. The van der Waals surface area contributed by atoms with Crippen LogP contribution in [0.1, 0.15) is 12.8 Å². The number of thiocarbonyl (C=S) groups is 1. The fourth-order valence-electron chi connectivity index (χ4n) is 1.10. The van der Waals surface area contributed by atoms with Gasteiger partial charge in [0.15, 0.2) is 5.11 Å². The van der Waals surface area contributed by atoms with Crippen molar-refractivity contribution < 1.29 is 0 Å². The fraction of sp³-hybridized carbons (Fsp3) is 0.857. The summed E-state index contributed by atoms with van der Waals surface area (Å²) in [6.45, 7) is 1.02. The Balaban J connectivity index is 2.06. The summed E-state index contributed by atoms with van der Waals surface area (Å²) in [6, 6.07) is 0. The maximum Gasteiger partial charge on any atom is 0.166 e. The zero-order chi connectivity index (χ0) is 8.10. The highest BCUT2D eigenvalue weighted by Gasteiger charge is 2.14. The Hall–Kier alpha value is 0.0400. The van der Waals surface area contributed by atoms with Crippen LogP contribution in [0.3, 0.4) is 0 Å². The third kappa shape index (κ3) is 3.29. The molecule has 0 amide bonds. The Kier molecular flexibility index (Phi) is 4.01. The Labute approximate surface area is 77.5 Å². The highest BCUT2D eigenvalue weighted by molar-refractivity contribution is 8.00. The first-order chi connectivity index (χ1) is 5.33. The van der Waals surface area contributed by atoms with E-state index in [1.807, 2.05) is 18.8 Å². The number of rotatable bonds is 2. The van der Waals surface area contributed by atoms with E-state index in [1.54, 1.807) is 0 Å². The Morgan fingerprint density at radius 1 is 1.73 bits per heavy atom. The molecule has 0 radical (unpaired) electrons. The average molecular weight is 190 g/mol. The standard InChI is InChI=1S/C7H14N2S2/c1-8-7(10)9-5-6-3-2-4-11-6/h6H,2-5H2,1H3,(H2,8,9,10). The first-order valence-electron chi connectivity index (χ1n) is 3.90. The number of nitrogens with one attached hydrogen (secondary N) is 2. The van der Waals surface area contributed by atoms with E-state index in [1.165, 1.54) is 18.6 Å². The lowest BCUT2D eigenvalue weighted by molar-refractivity contribution is 0.743. The summed E-state index contributed by atoms with van der Waals surface area (Å²) >= 11 is 7.00. The maximum absolute atomic E-state index is 4.96. The van der Waals surface area contributed by atoms with Gasteiger partial charge in [-0.25, -0.2) is 0 Å². The molecule has 1 saturated heterocycles. The zero-order valence-electron chi connectivity index (χ0n) is 6.72. The van der Waals surface area contributed by atoms with Gasteiger partial charge >= 0.3 is 0 Å². The largest absolute Gasteiger partial charge is 0.366 e. The second kappa shape index (κ2) is 4.83. The van der Waals surface area contributed by atoms with Crippen LogP contribution in [-0.2, 0) is 0 Å². The van der Waals surface area contributed by atoms with Crippen LogP contribution in [0.2, 0.25) is 0 Å². The van der Waals surface area contributed by atoms with Gasteiger partial charge < -0.3 is 10.6 Å². The van der Waals surface area contributed by atoms with Crippen LogP contribution in [0.15, 0.2) is 0 Å². The zero-order valence-corrected chi connectivity index (χ0v) is 8.36. The van der Waals surface area contributed by atoms with Crippen LogP contribution in [0, 0.1) is 0 Å². The van der Waals surface area contributed by atoms with E-state index in [0.717, 1.165) is 16.9 Å². The molecule has 1 aliphatic heterocycles. The van der Waals surface area contributed by atoms with E-state index in [0.29, 0.717) is 0 Å². The quantitative estimate of drug-likeness (QED) is 0.634. The van der Waals surface area contributed by atoms with Gasteiger partial charge in [0.1, 0.15) is 0 Å². The molecule has 0 saturated carbocycles. The molecule has 0 aromatic rings. The molecule has 1 atom stereocenters. The second-order valence-corrected chi connectivity index (χ2v) is 4.41. The van der Waals surface area contributed by atoms with E-state index in [-0.39, 0.29) is 0 Å². The van der Waals surface area contributed by atoms with Crippen LogP contribution in [0.25, 0.3) is 0 Å². The molecule has 1 aliphatic rings. The lowest BCUT2D eigenvalue weighted by Crippen LogP contribution is -2.36. The minimum Gasteiger partial charge on any atom is -0.366 e. The molecule has 2 nitrogen and oxygen atoms in total. The van der Waals surface area contributed by atoms with E-state index < -0.39 is 0 Å². The minimum absolute atomic E-state index is 0.762. The predicted octanol–water partition coefficient (Wildman–Crippen LogP) is 0.976. The third-order valence-corrected chi connectivity index (χ3v) is 3.49. The molecule has 0 bridgehead atoms. The molecule has 0 aromatic carbocycles. The lowest BCUT2D eigenvalue weighted by Gasteiger charge is -2.10. The van der Waals surface area contributed by atoms with Crippen LogP contribution in [0.5, 0.6) is 0 Å². The van der Waals surface area contributed by atoms with Crippen molar-refractivity contribution in [2.24, 2.45) is 0 Å². The molecular weight excluding hydrogens is 176 g/mol. The van der Waals surface area contributed by atoms with Crippen LogP contribution < -0.4 is 10.6 Å². The van der Waals surface area contributed by atoms with Gasteiger partial charge in [-0.1, -0.05) is 0 Å². The summed E-state index contributed by atoms with van der Waals surface area (Å²) in [4.78, 5) is 0. The monoisotopic (exact) mass is 190 g/mol. The van der Waals surface area contributed by atoms with Gasteiger partial charge in [-0.2, -0.15) is 11.8 Å². The summed E-state index contributed by atoms with van der Waals surface area (Å²) in [6.07, 6.45) is 2.70. The highest BCUT2D eigenvalue weighted by Crippen LogP contribution is 2.24. The van der Waals surface area contributed by atoms with E-state index in [4.69, 9.17) is 12.2 Å².